The van der Waals surface area contributed by atoms with Crippen LogP contribution in [-0.4, -0.2) is 31.9 Å². The summed E-state index contributed by atoms with van der Waals surface area (Å²) < 4.78 is 64.6. The van der Waals surface area contributed by atoms with Gasteiger partial charge in [0.05, 0.1) is 10.6 Å². The van der Waals surface area contributed by atoms with Gasteiger partial charge in [0, 0.05) is 19.1 Å². The van der Waals surface area contributed by atoms with E-state index in [1.807, 2.05) is 13.8 Å². The van der Waals surface area contributed by atoms with Crippen molar-refractivity contribution in [2.24, 2.45) is 11.1 Å². The van der Waals surface area contributed by atoms with Crippen LogP contribution in [0.15, 0.2) is 23.1 Å². The van der Waals surface area contributed by atoms with Crippen LogP contribution in [0.5, 0.6) is 0 Å². The van der Waals surface area contributed by atoms with E-state index in [-0.39, 0.29) is 24.0 Å². The lowest BCUT2D eigenvalue weighted by Crippen LogP contribution is -2.53. The van der Waals surface area contributed by atoms with Crippen LogP contribution in [0.2, 0.25) is 5.02 Å². The highest BCUT2D eigenvalue weighted by Crippen LogP contribution is 2.36. The molecule has 1 atom stereocenters. The van der Waals surface area contributed by atoms with Gasteiger partial charge in [-0.1, -0.05) is 25.4 Å². The van der Waals surface area contributed by atoms with Gasteiger partial charge in [-0.15, -0.1) is 0 Å². The zero-order chi connectivity index (χ0) is 17.6. The van der Waals surface area contributed by atoms with E-state index in [9.17, 15) is 21.6 Å². The number of hydrogen-bond acceptors (Lipinski definition) is 3. The van der Waals surface area contributed by atoms with Crippen molar-refractivity contribution in [1.82, 2.24) is 4.31 Å². The topological polar surface area (TPSA) is 63.4 Å². The molecule has 0 aliphatic carbocycles. The van der Waals surface area contributed by atoms with Crippen molar-refractivity contribution in [2.45, 2.75) is 37.4 Å². The summed E-state index contributed by atoms with van der Waals surface area (Å²) in [6.45, 7) is 4.11. The summed E-state index contributed by atoms with van der Waals surface area (Å²) in [7, 11) is -3.97. The number of alkyl halides is 3. The smallest absolute Gasteiger partial charge is 0.327 e. The molecule has 1 aliphatic rings. The molecule has 1 saturated heterocycles. The van der Waals surface area contributed by atoms with Crippen LogP contribution in [0.25, 0.3) is 0 Å². The van der Waals surface area contributed by atoms with E-state index < -0.39 is 32.2 Å². The average Bonchev–Trinajstić information content (AvgIpc) is 2.40. The van der Waals surface area contributed by atoms with Crippen LogP contribution in [-0.2, 0) is 16.2 Å². The zero-order valence-corrected chi connectivity index (χ0v) is 14.3. The molecule has 1 fully saturated rings. The number of piperidine rings is 1. The molecular formula is C14H18ClF3N2O2S. The van der Waals surface area contributed by atoms with Gasteiger partial charge >= 0.3 is 6.18 Å². The molecule has 1 aromatic carbocycles. The molecule has 0 spiro atoms. The summed E-state index contributed by atoms with van der Waals surface area (Å²) >= 11 is 5.81. The van der Waals surface area contributed by atoms with Gasteiger partial charge in [-0.2, -0.15) is 17.5 Å². The second-order valence-electron chi connectivity index (χ2n) is 6.37. The lowest BCUT2D eigenvalue weighted by atomic mass is 9.81. The summed E-state index contributed by atoms with van der Waals surface area (Å²) in [5.74, 6) is 0. The van der Waals surface area contributed by atoms with Crippen molar-refractivity contribution in [3.05, 3.63) is 28.8 Å². The molecule has 4 nitrogen and oxygen atoms in total. The minimum absolute atomic E-state index is 0.142. The first kappa shape index (κ1) is 18.5. The summed E-state index contributed by atoms with van der Waals surface area (Å²) in [6, 6.07) is 2.12. The minimum Gasteiger partial charge on any atom is -0.327 e. The van der Waals surface area contributed by atoms with Crippen molar-refractivity contribution in [3.8, 4) is 0 Å². The number of hydrogen-bond donors (Lipinski definition) is 1. The van der Waals surface area contributed by atoms with Crippen molar-refractivity contribution >= 4 is 21.6 Å². The lowest BCUT2D eigenvalue weighted by Gasteiger charge is -2.41. The van der Waals surface area contributed by atoms with Gasteiger partial charge in [0.2, 0.25) is 10.0 Å². The van der Waals surface area contributed by atoms with E-state index in [0.717, 1.165) is 12.1 Å². The van der Waals surface area contributed by atoms with E-state index in [1.165, 1.54) is 4.31 Å². The van der Waals surface area contributed by atoms with Gasteiger partial charge in [0.25, 0.3) is 0 Å². The highest BCUT2D eigenvalue weighted by molar-refractivity contribution is 7.89. The van der Waals surface area contributed by atoms with Crippen LogP contribution >= 0.6 is 11.6 Å². The number of nitrogens with zero attached hydrogens (tertiary/aromatic N) is 1. The van der Waals surface area contributed by atoms with E-state index >= 15 is 0 Å². The fourth-order valence-corrected chi connectivity index (χ4v) is 4.70. The number of rotatable bonds is 2. The Morgan fingerprint density at radius 1 is 1.35 bits per heavy atom. The molecule has 1 aromatic rings. The number of nitrogens with two attached hydrogens (primary N) is 1. The van der Waals surface area contributed by atoms with Gasteiger partial charge in [-0.05, 0) is 30.0 Å². The first-order valence-corrected chi connectivity index (χ1v) is 8.80. The molecule has 1 heterocycles. The maximum atomic E-state index is 12.7. The fraction of sp³-hybridized carbons (Fsp3) is 0.571. The van der Waals surface area contributed by atoms with Crippen LogP contribution < -0.4 is 5.73 Å². The molecule has 2 N–H and O–H groups in total. The quantitative estimate of drug-likeness (QED) is 0.870. The van der Waals surface area contributed by atoms with Gasteiger partial charge in [-0.25, -0.2) is 8.42 Å². The number of halogens is 4. The second-order valence-corrected chi connectivity index (χ2v) is 8.68. The second kappa shape index (κ2) is 5.91. The molecule has 0 bridgehead atoms. The van der Waals surface area contributed by atoms with Gasteiger partial charge < -0.3 is 5.73 Å². The predicted molar refractivity (Wildman–Crippen MR) is 81.6 cm³/mol. The van der Waals surface area contributed by atoms with Crippen LogP contribution in [0.1, 0.15) is 25.8 Å². The van der Waals surface area contributed by atoms with Gasteiger partial charge in [0.15, 0.2) is 0 Å². The largest absolute Gasteiger partial charge is 0.416 e. The number of benzene rings is 1. The lowest BCUT2D eigenvalue weighted by molar-refractivity contribution is -0.137. The summed E-state index contributed by atoms with van der Waals surface area (Å²) in [5.41, 5.74) is 4.57. The standard InChI is InChI=1S/C14H18ClF3N2O2S/c1-13(2)8-20(6-5-12(13)19)23(21,22)11-4-3-9(7-10(11)15)14(16,17)18/h3-4,7,12H,5-6,8,19H2,1-2H3. The van der Waals surface area contributed by atoms with Crippen molar-refractivity contribution < 1.29 is 21.6 Å². The molecule has 1 unspecified atom stereocenters. The Morgan fingerprint density at radius 2 is 1.96 bits per heavy atom. The molecular weight excluding hydrogens is 353 g/mol. The molecule has 0 amide bonds. The van der Waals surface area contributed by atoms with E-state index in [2.05, 4.69) is 0 Å². The van der Waals surface area contributed by atoms with E-state index in [0.29, 0.717) is 12.5 Å². The van der Waals surface area contributed by atoms with E-state index in [4.69, 9.17) is 17.3 Å². The van der Waals surface area contributed by atoms with Crippen molar-refractivity contribution in [2.75, 3.05) is 13.1 Å². The normalized spacial score (nSPS) is 23.0. The highest BCUT2D eigenvalue weighted by atomic mass is 35.5. The van der Waals surface area contributed by atoms with Crippen molar-refractivity contribution in [1.29, 1.82) is 0 Å². The fourth-order valence-electron chi connectivity index (χ4n) is 2.56. The predicted octanol–water partition coefficient (Wildman–Crippen LogP) is 3.11. The third-order valence-electron chi connectivity index (χ3n) is 4.15. The Kier molecular flexibility index (Phi) is 4.76. The summed E-state index contributed by atoms with van der Waals surface area (Å²) in [4.78, 5) is -0.321. The van der Waals surface area contributed by atoms with Gasteiger partial charge in [-0.3, -0.25) is 0 Å². The molecule has 1 aliphatic heterocycles. The monoisotopic (exact) mass is 370 g/mol. The van der Waals surface area contributed by atoms with Crippen LogP contribution in [0.4, 0.5) is 13.2 Å². The van der Waals surface area contributed by atoms with E-state index in [1.54, 1.807) is 0 Å². The Labute approximate surface area is 138 Å². The molecule has 130 valence electrons. The first-order valence-electron chi connectivity index (χ1n) is 6.98. The highest BCUT2D eigenvalue weighted by Gasteiger charge is 2.40. The van der Waals surface area contributed by atoms with Crippen LogP contribution in [0.3, 0.4) is 0 Å². The summed E-state index contributed by atoms with van der Waals surface area (Å²) in [5, 5.41) is -0.437. The Morgan fingerprint density at radius 3 is 2.43 bits per heavy atom. The molecule has 9 heteroatoms. The summed E-state index contributed by atoms with van der Waals surface area (Å²) in [6.07, 6.45) is -4.10. The minimum atomic E-state index is -4.58. The van der Waals surface area contributed by atoms with Crippen molar-refractivity contribution in [3.63, 3.8) is 0 Å². The third-order valence-corrected chi connectivity index (χ3v) is 6.48. The first-order chi connectivity index (χ1) is 10.4. The molecule has 23 heavy (non-hydrogen) atoms. The third kappa shape index (κ3) is 3.65. The maximum Gasteiger partial charge on any atom is 0.416 e. The van der Waals surface area contributed by atoms with Gasteiger partial charge in [0.1, 0.15) is 4.90 Å². The molecule has 0 radical (unpaired) electrons. The average molecular weight is 371 g/mol. The Bertz CT molecular complexity index is 704. The Balaban J connectivity index is 2.37. The van der Waals surface area contributed by atoms with Crippen LogP contribution in [0, 0.1) is 5.41 Å². The molecule has 0 saturated carbocycles. The molecule has 0 aromatic heterocycles. The SMILES string of the molecule is CC1(C)CN(S(=O)(=O)c2ccc(C(F)(F)F)cc2Cl)CCC1N. The maximum absolute atomic E-state index is 12.7. The molecule has 2 rings (SSSR count). The zero-order valence-electron chi connectivity index (χ0n) is 12.7. The Hall–Kier alpha value is -0.830. The number of sulfonamides is 1.